The third-order valence-electron chi connectivity index (χ3n) is 6.06. The van der Waals surface area contributed by atoms with Crippen LogP contribution in [-0.2, 0) is 0 Å². The Morgan fingerprint density at radius 2 is 1.85 bits per heavy atom. The van der Waals surface area contributed by atoms with Gasteiger partial charge >= 0.3 is 0 Å². The summed E-state index contributed by atoms with van der Waals surface area (Å²) in [6, 6.07) is 11.8. The number of rotatable bonds is 4. The number of ketones is 1. The molecule has 0 radical (unpaired) electrons. The minimum Gasteiger partial charge on any atom is -0.450 e. The SMILES string of the molecule is CC(=O)c1sc(N2C(=O)c3oc4ccc(Cl)cc4c(=O)c3C2c2ccc(C(C)C)cc2)nc1C. The second-order valence-corrected chi connectivity index (χ2v) is 10.1. The fraction of sp³-hybridized carbons (Fsp3) is 0.231. The molecule has 1 unspecified atom stereocenters. The molecule has 0 spiro atoms. The van der Waals surface area contributed by atoms with Gasteiger partial charge in [-0.1, -0.05) is 61.1 Å². The summed E-state index contributed by atoms with van der Waals surface area (Å²) in [6.07, 6.45) is 0. The molecule has 172 valence electrons. The van der Waals surface area contributed by atoms with Crippen LogP contribution in [0.3, 0.4) is 0 Å². The lowest BCUT2D eigenvalue weighted by Crippen LogP contribution is -2.29. The highest BCUT2D eigenvalue weighted by atomic mass is 35.5. The predicted molar refractivity (Wildman–Crippen MR) is 134 cm³/mol. The number of Topliss-reactive ketones (excluding diaryl/α,β-unsaturated/α-hetero) is 1. The number of benzene rings is 2. The van der Waals surface area contributed by atoms with Crippen LogP contribution < -0.4 is 10.3 Å². The molecule has 8 heteroatoms. The Morgan fingerprint density at radius 3 is 2.47 bits per heavy atom. The van der Waals surface area contributed by atoms with E-state index in [1.54, 1.807) is 25.1 Å². The number of carbonyl (C=O) groups excluding carboxylic acids is 2. The molecule has 1 aliphatic rings. The van der Waals surface area contributed by atoms with Crippen LogP contribution in [0.25, 0.3) is 11.0 Å². The zero-order chi connectivity index (χ0) is 24.3. The molecule has 34 heavy (non-hydrogen) atoms. The molecule has 1 amide bonds. The van der Waals surface area contributed by atoms with Gasteiger partial charge in [0.25, 0.3) is 5.91 Å². The average Bonchev–Trinajstić information content (AvgIpc) is 3.32. The summed E-state index contributed by atoms with van der Waals surface area (Å²) in [5, 5.41) is 1.06. The van der Waals surface area contributed by atoms with Gasteiger partial charge in [-0.25, -0.2) is 4.98 Å². The van der Waals surface area contributed by atoms with E-state index in [0.717, 1.165) is 22.5 Å². The number of thiazole rings is 1. The smallest absolute Gasteiger partial charge is 0.297 e. The fourth-order valence-corrected chi connectivity index (χ4v) is 5.49. The van der Waals surface area contributed by atoms with Gasteiger partial charge in [-0.3, -0.25) is 19.3 Å². The molecule has 3 heterocycles. The normalized spacial score (nSPS) is 15.4. The van der Waals surface area contributed by atoms with Gasteiger partial charge in [-0.2, -0.15) is 0 Å². The number of carbonyl (C=O) groups is 2. The standard InChI is InChI=1S/C26H21ClN2O4S/c1-12(2)15-5-7-16(8-6-15)21-20-22(31)18-11-17(27)9-10-19(18)33-23(20)25(32)29(21)26-28-13(3)24(34-26)14(4)30/h5-12,21H,1-4H3. The number of nitrogens with zero attached hydrogens (tertiary/aromatic N) is 2. The van der Waals surface area contributed by atoms with E-state index in [2.05, 4.69) is 18.8 Å². The van der Waals surface area contributed by atoms with Crippen LogP contribution in [0.15, 0.2) is 51.7 Å². The van der Waals surface area contributed by atoms with Crippen LogP contribution in [0.1, 0.15) is 75.3 Å². The van der Waals surface area contributed by atoms with E-state index >= 15 is 0 Å². The molecule has 6 nitrogen and oxygen atoms in total. The van der Waals surface area contributed by atoms with Crippen LogP contribution in [0.4, 0.5) is 5.13 Å². The maximum Gasteiger partial charge on any atom is 0.297 e. The highest BCUT2D eigenvalue weighted by Crippen LogP contribution is 2.43. The molecule has 0 fully saturated rings. The van der Waals surface area contributed by atoms with Gasteiger partial charge in [0.05, 0.1) is 27.6 Å². The van der Waals surface area contributed by atoms with Crippen molar-refractivity contribution in [3.63, 3.8) is 0 Å². The van der Waals surface area contributed by atoms with E-state index < -0.39 is 11.9 Å². The van der Waals surface area contributed by atoms with Gasteiger partial charge < -0.3 is 4.42 Å². The first-order valence-corrected chi connectivity index (χ1v) is 12.0. The Morgan fingerprint density at radius 1 is 1.15 bits per heavy atom. The minimum absolute atomic E-state index is 0.0185. The van der Waals surface area contributed by atoms with Crippen molar-refractivity contribution in [2.24, 2.45) is 0 Å². The number of anilines is 1. The van der Waals surface area contributed by atoms with Gasteiger partial charge in [-0.05, 0) is 42.2 Å². The molecule has 0 bridgehead atoms. The average molecular weight is 493 g/mol. The summed E-state index contributed by atoms with van der Waals surface area (Å²) in [7, 11) is 0. The molecule has 2 aromatic heterocycles. The van der Waals surface area contributed by atoms with Crippen LogP contribution >= 0.6 is 22.9 Å². The van der Waals surface area contributed by atoms with Gasteiger partial charge in [0, 0.05) is 11.9 Å². The summed E-state index contributed by atoms with van der Waals surface area (Å²) >= 11 is 7.28. The highest BCUT2D eigenvalue weighted by molar-refractivity contribution is 7.17. The van der Waals surface area contributed by atoms with E-state index in [4.69, 9.17) is 16.0 Å². The van der Waals surface area contributed by atoms with Crippen molar-refractivity contribution in [3.8, 4) is 0 Å². The molecule has 0 saturated heterocycles. The largest absolute Gasteiger partial charge is 0.450 e. The summed E-state index contributed by atoms with van der Waals surface area (Å²) in [5.74, 6) is -0.280. The Kier molecular flexibility index (Phi) is 5.41. The van der Waals surface area contributed by atoms with Crippen LogP contribution in [0.5, 0.6) is 0 Å². The Hall–Kier alpha value is -3.29. The van der Waals surface area contributed by atoms with Crippen LogP contribution in [0.2, 0.25) is 5.02 Å². The van der Waals surface area contributed by atoms with Crippen molar-refractivity contribution in [3.05, 3.63) is 90.7 Å². The Balaban J connectivity index is 1.78. The third-order valence-corrected chi connectivity index (χ3v) is 7.55. The summed E-state index contributed by atoms with van der Waals surface area (Å²) < 4.78 is 5.96. The van der Waals surface area contributed by atoms with Gasteiger partial charge in [0.1, 0.15) is 5.58 Å². The molecule has 2 aromatic carbocycles. The Bertz CT molecular complexity index is 1540. The maximum atomic E-state index is 13.7. The topological polar surface area (TPSA) is 80.5 Å². The van der Waals surface area contributed by atoms with Crippen LogP contribution in [0, 0.1) is 6.92 Å². The number of fused-ring (bicyclic) bond motifs is 2. The van der Waals surface area contributed by atoms with Crippen molar-refractivity contribution in [1.82, 2.24) is 4.98 Å². The van der Waals surface area contributed by atoms with E-state index in [1.165, 1.54) is 11.8 Å². The molecule has 4 aromatic rings. The van der Waals surface area contributed by atoms with Gasteiger partial charge in [-0.15, -0.1) is 0 Å². The van der Waals surface area contributed by atoms with Crippen molar-refractivity contribution < 1.29 is 14.0 Å². The van der Waals surface area contributed by atoms with Crippen molar-refractivity contribution in [1.29, 1.82) is 0 Å². The zero-order valence-electron chi connectivity index (χ0n) is 19.0. The number of aryl methyl sites for hydroxylation is 1. The molecule has 0 saturated carbocycles. The molecule has 0 N–H and O–H groups in total. The maximum absolute atomic E-state index is 13.7. The first-order valence-electron chi connectivity index (χ1n) is 10.9. The number of amides is 1. The summed E-state index contributed by atoms with van der Waals surface area (Å²) in [6.45, 7) is 7.40. The first kappa shape index (κ1) is 22.5. The monoisotopic (exact) mass is 492 g/mol. The van der Waals surface area contributed by atoms with E-state index in [0.29, 0.717) is 32.0 Å². The minimum atomic E-state index is -0.742. The van der Waals surface area contributed by atoms with E-state index in [1.807, 2.05) is 24.3 Å². The lowest BCUT2D eigenvalue weighted by molar-refractivity contribution is 0.0969. The van der Waals surface area contributed by atoms with Crippen molar-refractivity contribution >= 4 is 50.7 Å². The summed E-state index contributed by atoms with van der Waals surface area (Å²) in [4.78, 5) is 45.9. The molecular formula is C26H21ClN2O4S. The molecule has 5 rings (SSSR count). The second kappa shape index (κ2) is 8.18. The van der Waals surface area contributed by atoms with Gasteiger partial charge in [0.15, 0.2) is 16.3 Å². The molecular weight excluding hydrogens is 472 g/mol. The number of aromatic nitrogens is 1. The summed E-state index contributed by atoms with van der Waals surface area (Å²) in [5.41, 5.74) is 2.66. The Labute approximate surface area is 204 Å². The predicted octanol–water partition coefficient (Wildman–Crippen LogP) is 6.29. The third kappa shape index (κ3) is 3.47. The molecule has 0 aliphatic carbocycles. The van der Waals surface area contributed by atoms with Gasteiger partial charge in [0.2, 0.25) is 5.76 Å². The highest BCUT2D eigenvalue weighted by Gasteiger charge is 2.45. The zero-order valence-corrected chi connectivity index (χ0v) is 20.6. The second-order valence-electron chi connectivity index (χ2n) is 8.68. The van der Waals surface area contributed by atoms with E-state index in [-0.39, 0.29) is 28.1 Å². The van der Waals surface area contributed by atoms with Crippen LogP contribution in [-0.4, -0.2) is 16.7 Å². The van der Waals surface area contributed by atoms with E-state index in [9.17, 15) is 14.4 Å². The first-order chi connectivity index (χ1) is 16.2. The van der Waals surface area contributed by atoms with Crippen molar-refractivity contribution in [2.75, 3.05) is 4.90 Å². The number of hydrogen-bond acceptors (Lipinski definition) is 6. The fourth-order valence-electron chi connectivity index (χ4n) is 4.33. The number of hydrogen-bond donors (Lipinski definition) is 0. The molecule has 1 atom stereocenters. The van der Waals surface area contributed by atoms with Crippen molar-refractivity contribution in [2.45, 2.75) is 39.7 Å². The lowest BCUT2D eigenvalue weighted by atomic mass is 9.95. The molecule has 1 aliphatic heterocycles. The lowest BCUT2D eigenvalue weighted by Gasteiger charge is -2.23. The quantitative estimate of drug-likeness (QED) is 0.313. The number of halogens is 1.